The Hall–Kier alpha value is -1.10. The molecule has 0 aromatic rings. The highest BCUT2D eigenvalue weighted by molar-refractivity contribution is 5.85. The molecule has 0 aromatic heterocycles. The van der Waals surface area contributed by atoms with Gasteiger partial charge in [0.05, 0.1) is 13.1 Å². The van der Waals surface area contributed by atoms with Crippen LogP contribution >= 0.6 is 0 Å². The lowest BCUT2D eigenvalue weighted by Crippen LogP contribution is -2.41. The van der Waals surface area contributed by atoms with Crippen LogP contribution in [0.3, 0.4) is 0 Å². The molecular weight excluding hydrogens is 170 g/mol. The molecule has 13 heavy (non-hydrogen) atoms. The molecule has 0 bridgehead atoms. The highest BCUT2D eigenvalue weighted by atomic mass is 16.2. The molecule has 5 nitrogen and oxygen atoms in total. The lowest BCUT2D eigenvalue weighted by molar-refractivity contribution is -0.133. The summed E-state index contributed by atoms with van der Waals surface area (Å²) in [6, 6.07) is 0. The molecular formula is C8H17N3O2. The van der Waals surface area contributed by atoms with Crippen molar-refractivity contribution in [2.24, 2.45) is 5.73 Å². The number of rotatable bonds is 5. The average molecular weight is 187 g/mol. The van der Waals surface area contributed by atoms with Gasteiger partial charge in [0.1, 0.15) is 0 Å². The van der Waals surface area contributed by atoms with Gasteiger partial charge in [-0.1, -0.05) is 6.92 Å². The van der Waals surface area contributed by atoms with Crippen molar-refractivity contribution >= 4 is 11.8 Å². The third-order valence-corrected chi connectivity index (χ3v) is 1.55. The maximum absolute atomic E-state index is 11.1. The summed E-state index contributed by atoms with van der Waals surface area (Å²) in [6.07, 6.45) is 0.889. The number of nitrogens with zero attached hydrogens (tertiary/aromatic N) is 1. The van der Waals surface area contributed by atoms with Crippen LogP contribution in [-0.4, -0.2) is 43.4 Å². The summed E-state index contributed by atoms with van der Waals surface area (Å²) in [6.45, 7) is 2.63. The maximum Gasteiger partial charge on any atom is 0.239 e. The summed E-state index contributed by atoms with van der Waals surface area (Å²) < 4.78 is 0. The molecule has 76 valence electrons. The van der Waals surface area contributed by atoms with Gasteiger partial charge in [-0.05, 0) is 6.42 Å². The van der Waals surface area contributed by atoms with Crippen molar-refractivity contribution in [3.05, 3.63) is 0 Å². The number of carbonyl (C=O) groups excluding carboxylic acids is 2. The zero-order valence-corrected chi connectivity index (χ0v) is 8.17. The van der Waals surface area contributed by atoms with Crippen molar-refractivity contribution in [1.29, 1.82) is 0 Å². The van der Waals surface area contributed by atoms with Gasteiger partial charge >= 0.3 is 0 Å². The van der Waals surface area contributed by atoms with E-state index in [-0.39, 0.29) is 24.9 Å². The van der Waals surface area contributed by atoms with E-state index in [0.29, 0.717) is 6.54 Å². The van der Waals surface area contributed by atoms with Crippen LogP contribution in [0.1, 0.15) is 13.3 Å². The Morgan fingerprint density at radius 2 is 2.08 bits per heavy atom. The summed E-state index contributed by atoms with van der Waals surface area (Å²) in [5.74, 6) is -0.377. The molecule has 0 aliphatic rings. The Labute approximate surface area is 78.3 Å². The Morgan fingerprint density at radius 3 is 2.54 bits per heavy atom. The summed E-state index contributed by atoms with van der Waals surface area (Å²) in [5.41, 5.74) is 5.13. The molecule has 0 saturated heterocycles. The fourth-order valence-electron chi connectivity index (χ4n) is 0.780. The molecule has 0 aliphatic heterocycles. The van der Waals surface area contributed by atoms with Crippen LogP contribution in [0.2, 0.25) is 0 Å². The molecule has 5 heteroatoms. The van der Waals surface area contributed by atoms with Crippen molar-refractivity contribution in [2.45, 2.75) is 13.3 Å². The molecule has 3 N–H and O–H groups in total. The molecule has 0 spiro atoms. The van der Waals surface area contributed by atoms with Crippen molar-refractivity contribution < 1.29 is 9.59 Å². The second-order valence-corrected chi connectivity index (χ2v) is 2.80. The van der Waals surface area contributed by atoms with Gasteiger partial charge in [-0.2, -0.15) is 0 Å². The molecule has 0 saturated carbocycles. The second-order valence-electron chi connectivity index (χ2n) is 2.80. The van der Waals surface area contributed by atoms with E-state index in [4.69, 9.17) is 5.73 Å². The quantitative estimate of drug-likeness (QED) is 0.575. The highest BCUT2D eigenvalue weighted by Crippen LogP contribution is 1.82. The van der Waals surface area contributed by atoms with E-state index in [1.807, 2.05) is 6.92 Å². The molecule has 0 unspecified atom stereocenters. The first-order valence-electron chi connectivity index (χ1n) is 4.32. The Kier molecular flexibility index (Phi) is 5.88. The zero-order valence-electron chi connectivity index (χ0n) is 8.17. The lowest BCUT2D eigenvalue weighted by Gasteiger charge is -2.15. The van der Waals surface area contributed by atoms with Crippen molar-refractivity contribution in [3.8, 4) is 0 Å². The van der Waals surface area contributed by atoms with Crippen molar-refractivity contribution in [3.63, 3.8) is 0 Å². The summed E-state index contributed by atoms with van der Waals surface area (Å²) in [5, 5.41) is 2.67. The van der Waals surface area contributed by atoms with Gasteiger partial charge in [-0.3, -0.25) is 9.59 Å². The molecule has 0 radical (unpaired) electrons. The van der Waals surface area contributed by atoms with E-state index in [1.165, 1.54) is 4.90 Å². The molecule has 0 rings (SSSR count). The standard InChI is InChI=1S/C8H17N3O2/c1-3-4-10-7(12)6-11(2)8(13)5-9/h3-6,9H2,1-2H3,(H,10,12). The minimum Gasteiger partial charge on any atom is -0.355 e. The first kappa shape index (κ1) is 11.9. The molecule has 0 aliphatic carbocycles. The van der Waals surface area contributed by atoms with E-state index in [2.05, 4.69) is 5.32 Å². The minimum absolute atomic E-state index is 0.0580. The molecule has 0 atom stereocenters. The lowest BCUT2D eigenvalue weighted by atomic mass is 10.4. The van der Waals surface area contributed by atoms with Gasteiger partial charge in [0.15, 0.2) is 0 Å². The largest absolute Gasteiger partial charge is 0.355 e. The average Bonchev–Trinajstić information content (AvgIpc) is 2.13. The SMILES string of the molecule is CCCNC(=O)CN(C)C(=O)CN. The maximum atomic E-state index is 11.1. The van der Waals surface area contributed by atoms with Gasteiger partial charge in [0.25, 0.3) is 0 Å². The van der Waals surface area contributed by atoms with Gasteiger partial charge in [0.2, 0.25) is 11.8 Å². The third kappa shape index (κ3) is 5.19. The first-order chi connectivity index (χ1) is 6.11. The topological polar surface area (TPSA) is 75.4 Å². The van der Waals surface area contributed by atoms with Crippen LogP contribution < -0.4 is 11.1 Å². The smallest absolute Gasteiger partial charge is 0.239 e. The number of nitrogens with one attached hydrogen (secondary N) is 1. The van der Waals surface area contributed by atoms with Crippen LogP contribution in [0.5, 0.6) is 0 Å². The van der Waals surface area contributed by atoms with Gasteiger partial charge in [-0.25, -0.2) is 0 Å². The molecule has 2 amide bonds. The number of nitrogens with two attached hydrogens (primary N) is 1. The Bertz CT molecular complexity index is 182. The first-order valence-corrected chi connectivity index (χ1v) is 4.32. The third-order valence-electron chi connectivity index (χ3n) is 1.55. The van der Waals surface area contributed by atoms with Crippen LogP contribution in [0.25, 0.3) is 0 Å². The predicted octanol–water partition coefficient (Wildman–Crippen LogP) is -1.07. The van der Waals surface area contributed by atoms with Crippen molar-refractivity contribution in [2.75, 3.05) is 26.7 Å². The van der Waals surface area contributed by atoms with E-state index in [0.717, 1.165) is 6.42 Å². The van der Waals surface area contributed by atoms with E-state index < -0.39 is 0 Å². The summed E-state index contributed by atoms with van der Waals surface area (Å²) in [7, 11) is 1.56. The monoisotopic (exact) mass is 187 g/mol. The fraction of sp³-hybridized carbons (Fsp3) is 0.750. The Morgan fingerprint density at radius 1 is 1.46 bits per heavy atom. The van der Waals surface area contributed by atoms with E-state index in [9.17, 15) is 9.59 Å². The van der Waals surface area contributed by atoms with Crippen LogP contribution in [0.4, 0.5) is 0 Å². The fourth-order valence-corrected chi connectivity index (χ4v) is 0.780. The predicted molar refractivity (Wildman–Crippen MR) is 50.0 cm³/mol. The van der Waals surface area contributed by atoms with E-state index in [1.54, 1.807) is 7.05 Å². The number of likely N-dealkylation sites (N-methyl/N-ethyl adjacent to an activating group) is 1. The Balaban J connectivity index is 3.71. The minimum atomic E-state index is -0.230. The van der Waals surface area contributed by atoms with E-state index >= 15 is 0 Å². The van der Waals surface area contributed by atoms with Gasteiger partial charge in [-0.15, -0.1) is 0 Å². The summed E-state index contributed by atoms with van der Waals surface area (Å²) >= 11 is 0. The zero-order chi connectivity index (χ0) is 10.3. The van der Waals surface area contributed by atoms with Crippen LogP contribution in [0.15, 0.2) is 0 Å². The number of hydrogen-bond acceptors (Lipinski definition) is 3. The number of carbonyl (C=O) groups is 2. The summed E-state index contributed by atoms with van der Waals surface area (Å²) in [4.78, 5) is 23.3. The van der Waals surface area contributed by atoms with Gasteiger partial charge in [0, 0.05) is 13.6 Å². The molecule has 0 aromatic carbocycles. The second kappa shape index (κ2) is 6.42. The molecule has 0 fully saturated rings. The number of hydrogen-bond donors (Lipinski definition) is 2. The highest BCUT2D eigenvalue weighted by Gasteiger charge is 2.09. The van der Waals surface area contributed by atoms with Gasteiger partial charge < -0.3 is 16.0 Å². The molecule has 0 heterocycles. The van der Waals surface area contributed by atoms with Crippen molar-refractivity contribution in [1.82, 2.24) is 10.2 Å². The number of amides is 2. The van der Waals surface area contributed by atoms with Crippen LogP contribution in [-0.2, 0) is 9.59 Å². The van der Waals surface area contributed by atoms with Crippen LogP contribution in [0, 0.1) is 0 Å². The normalized spacial score (nSPS) is 9.46.